The number of carbonyl (C=O) groups excluding carboxylic acids is 2. The monoisotopic (exact) mass is 610 g/mol. The van der Waals surface area contributed by atoms with Crippen LogP contribution in [0.3, 0.4) is 0 Å². The first-order valence-electron chi connectivity index (χ1n) is 9.81. The van der Waals surface area contributed by atoms with E-state index in [1.165, 1.54) is 12.1 Å². The van der Waals surface area contributed by atoms with E-state index in [-0.39, 0.29) is 17.9 Å². The maximum absolute atomic E-state index is 13.7. The average Bonchev–Trinajstić information content (AvgIpc) is 3.07. The Labute approximate surface area is 213 Å². The lowest BCUT2D eigenvalue weighted by Crippen LogP contribution is -2.45. The Balaban J connectivity index is 1.77. The molecule has 4 rings (SSSR count). The number of sulfonamides is 1. The largest absolute Gasteiger partial charge is 0.274 e. The number of hydrogen-bond donors (Lipinski definition) is 0. The lowest BCUT2D eigenvalue weighted by atomic mass is 10.2. The van der Waals surface area contributed by atoms with Gasteiger partial charge in [-0.15, -0.1) is 0 Å². The summed E-state index contributed by atoms with van der Waals surface area (Å²) in [6, 6.07) is 18.4. The van der Waals surface area contributed by atoms with Gasteiger partial charge in [0.1, 0.15) is 6.04 Å². The van der Waals surface area contributed by atoms with Gasteiger partial charge in [0.25, 0.3) is 5.91 Å². The fourth-order valence-electron chi connectivity index (χ4n) is 3.60. The zero-order valence-corrected chi connectivity index (χ0v) is 21.7. The zero-order valence-electron chi connectivity index (χ0n) is 17.0. The van der Waals surface area contributed by atoms with Crippen molar-refractivity contribution in [1.82, 2.24) is 4.31 Å². The van der Waals surface area contributed by atoms with Crippen LogP contribution in [0.5, 0.6) is 0 Å². The van der Waals surface area contributed by atoms with Gasteiger partial charge in [0.15, 0.2) is 0 Å². The summed E-state index contributed by atoms with van der Waals surface area (Å²) in [5, 5.41) is 0.370. The second-order valence-electron chi connectivity index (χ2n) is 7.36. The standard InChI is InChI=1S/C23H17Br2ClN2O4S/c24-16-5-9-18(10-6-16)28-22(29)13-21(23(28)30)27(14-15-3-1-2-4-20(15)26)33(31,32)19-11-7-17(25)8-12-19/h1-12,21H,13-14H2. The third-order valence-electron chi connectivity index (χ3n) is 5.26. The number of nitrogens with zero attached hydrogens (tertiary/aromatic N) is 2. The highest BCUT2D eigenvalue weighted by molar-refractivity contribution is 9.10. The number of anilines is 1. The van der Waals surface area contributed by atoms with Crippen LogP contribution in [0.1, 0.15) is 12.0 Å². The minimum Gasteiger partial charge on any atom is -0.274 e. The predicted molar refractivity (Wildman–Crippen MR) is 133 cm³/mol. The van der Waals surface area contributed by atoms with E-state index in [0.29, 0.717) is 20.7 Å². The van der Waals surface area contributed by atoms with E-state index in [0.717, 1.165) is 13.7 Å². The van der Waals surface area contributed by atoms with Crippen LogP contribution in [-0.4, -0.2) is 30.6 Å². The summed E-state index contributed by atoms with van der Waals surface area (Å²) in [5.74, 6) is -1.07. The lowest BCUT2D eigenvalue weighted by Gasteiger charge is -2.27. The van der Waals surface area contributed by atoms with Crippen molar-refractivity contribution in [3.05, 3.63) is 92.3 Å². The Morgan fingerprint density at radius 3 is 2.09 bits per heavy atom. The molecule has 0 aliphatic carbocycles. The highest BCUT2D eigenvalue weighted by Gasteiger charge is 2.47. The van der Waals surface area contributed by atoms with E-state index in [2.05, 4.69) is 31.9 Å². The Bertz CT molecular complexity index is 1320. The average molecular weight is 613 g/mol. The molecule has 1 aliphatic rings. The smallest absolute Gasteiger partial charge is 0.252 e. The summed E-state index contributed by atoms with van der Waals surface area (Å²) in [6.07, 6.45) is -0.269. The Morgan fingerprint density at radius 1 is 0.909 bits per heavy atom. The molecule has 0 aromatic heterocycles. The van der Waals surface area contributed by atoms with Crippen LogP contribution < -0.4 is 4.90 Å². The van der Waals surface area contributed by atoms with Gasteiger partial charge in [0, 0.05) is 20.5 Å². The van der Waals surface area contributed by atoms with Gasteiger partial charge in [-0.3, -0.25) is 9.59 Å². The molecule has 33 heavy (non-hydrogen) atoms. The molecule has 3 aromatic rings. The minimum atomic E-state index is -4.14. The molecular formula is C23H17Br2ClN2O4S. The van der Waals surface area contributed by atoms with Crippen LogP contribution in [0.25, 0.3) is 0 Å². The molecule has 0 N–H and O–H groups in total. The number of imide groups is 1. The topological polar surface area (TPSA) is 74.8 Å². The summed E-state index contributed by atoms with van der Waals surface area (Å²) in [5.41, 5.74) is 0.914. The van der Waals surface area contributed by atoms with Crippen molar-refractivity contribution in [2.45, 2.75) is 23.9 Å². The molecule has 0 saturated carbocycles. The van der Waals surface area contributed by atoms with E-state index in [4.69, 9.17) is 11.6 Å². The first kappa shape index (κ1) is 24.1. The molecule has 1 atom stereocenters. The lowest BCUT2D eigenvalue weighted by molar-refractivity contribution is -0.122. The van der Waals surface area contributed by atoms with Gasteiger partial charge in [-0.1, -0.05) is 61.7 Å². The van der Waals surface area contributed by atoms with Crippen molar-refractivity contribution in [1.29, 1.82) is 0 Å². The van der Waals surface area contributed by atoms with Gasteiger partial charge >= 0.3 is 0 Å². The summed E-state index contributed by atoms with van der Waals surface area (Å²) >= 11 is 12.9. The van der Waals surface area contributed by atoms with Gasteiger partial charge < -0.3 is 0 Å². The van der Waals surface area contributed by atoms with E-state index in [1.54, 1.807) is 60.7 Å². The quantitative estimate of drug-likeness (QED) is 0.350. The van der Waals surface area contributed by atoms with Crippen molar-refractivity contribution < 1.29 is 18.0 Å². The van der Waals surface area contributed by atoms with Gasteiger partial charge in [-0.05, 0) is 60.2 Å². The molecule has 1 unspecified atom stereocenters. The Kier molecular flexibility index (Phi) is 7.07. The second-order valence-corrected chi connectivity index (χ2v) is 11.5. The highest BCUT2D eigenvalue weighted by atomic mass is 79.9. The third kappa shape index (κ3) is 4.93. The van der Waals surface area contributed by atoms with E-state index < -0.39 is 27.9 Å². The molecule has 2 amide bonds. The Morgan fingerprint density at radius 2 is 1.48 bits per heavy atom. The normalized spacial score (nSPS) is 16.6. The molecule has 0 bridgehead atoms. The van der Waals surface area contributed by atoms with Gasteiger partial charge in [0.2, 0.25) is 15.9 Å². The molecule has 170 valence electrons. The van der Waals surface area contributed by atoms with E-state index in [9.17, 15) is 18.0 Å². The molecule has 1 fully saturated rings. The summed E-state index contributed by atoms with van der Waals surface area (Å²) in [7, 11) is -4.14. The van der Waals surface area contributed by atoms with Crippen LogP contribution in [-0.2, 0) is 26.2 Å². The van der Waals surface area contributed by atoms with Crippen LogP contribution in [0, 0.1) is 0 Å². The van der Waals surface area contributed by atoms with Crippen molar-refractivity contribution >= 4 is 71.0 Å². The molecule has 0 radical (unpaired) electrons. The first-order valence-corrected chi connectivity index (χ1v) is 13.2. The molecule has 0 spiro atoms. The SMILES string of the molecule is O=C1CC(N(Cc2ccccc2Cl)S(=O)(=O)c2ccc(Br)cc2)C(=O)N1c1ccc(Br)cc1. The number of carbonyl (C=O) groups is 2. The molecule has 1 aliphatic heterocycles. The zero-order chi connectivity index (χ0) is 23.8. The molecular weight excluding hydrogens is 596 g/mol. The summed E-state index contributed by atoms with van der Waals surface area (Å²) in [4.78, 5) is 27.3. The van der Waals surface area contributed by atoms with Crippen LogP contribution in [0.2, 0.25) is 5.02 Å². The van der Waals surface area contributed by atoms with E-state index >= 15 is 0 Å². The summed E-state index contributed by atoms with van der Waals surface area (Å²) in [6.45, 7) is -0.157. The van der Waals surface area contributed by atoms with Gasteiger partial charge in [-0.2, -0.15) is 4.31 Å². The molecule has 1 heterocycles. The molecule has 10 heteroatoms. The fourth-order valence-corrected chi connectivity index (χ4v) is 5.89. The van der Waals surface area contributed by atoms with Crippen LogP contribution in [0.15, 0.2) is 86.6 Å². The third-order valence-corrected chi connectivity index (χ3v) is 8.55. The Hall–Kier alpha value is -2.04. The van der Waals surface area contributed by atoms with Crippen LogP contribution >= 0.6 is 43.5 Å². The predicted octanol–water partition coefficient (Wildman–Crippen LogP) is 5.39. The van der Waals surface area contributed by atoms with Crippen molar-refractivity contribution in [3.8, 4) is 0 Å². The molecule has 3 aromatic carbocycles. The minimum absolute atomic E-state index is 0.0140. The molecule has 1 saturated heterocycles. The van der Waals surface area contributed by atoms with Gasteiger partial charge in [0.05, 0.1) is 17.0 Å². The highest BCUT2D eigenvalue weighted by Crippen LogP contribution is 2.32. The maximum atomic E-state index is 13.7. The maximum Gasteiger partial charge on any atom is 0.252 e. The van der Waals surface area contributed by atoms with Crippen molar-refractivity contribution in [3.63, 3.8) is 0 Å². The summed E-state index contributed by atoms with van der Waals surface area (Å²) < 4.78 is 29.9. The fraction of sp³-hybridized carbons (Fsp3) is 0.130. The number of hydrogen-bond acceptors (Lipinski definition) is 4. The number of rotatable bonds is 6. The number of halogens is 3. The number of benzene rings is 3. The molecule has 6 nitrogen and oxygen atoms in total. The first-order chi connectivity index (χ1) is 15.7. The van der Waals surface area contributed by atoms with Crippen LogP contribution in [0.4, 0.5) is 5.69 Å². The van der Waals surface area contributed by atoms with Gasteiger partial charge in [-0.25, -0.2) is 13.3 Å². The second kappa shape index (κ2) is 9.68. The van der Waals surface area contributed by atoms with E-state index in [1.807, 2.05) is 0 Å². The van der Waals surface area contributed by atoms with Crippen molar-refractivity contribution in [2.75, 3.05) is 4.90 Å². The van der Waals surface area contributed by atoms with Crippen molar-refractivity contribution in [2.24, 2.45) is 0 Å². The number of amides is 2.